The SMILES string of the molecule is COc1ccc(F)c(-c2nc(C(=O)NN3CCCCCC3)c(C)n2CC2CCCCC2)c1. The number of hydrogen-bond acceptors (Lipinski definition) is 4. The van der Waals surface area contributed by atoms with Crippen molar-refractivity contribution in [1.29, 1.82) is 0 Å². The number of hydrogen-bond donors (Lipinski definition) is 1. The van der Waals surface area contributed by atoms with Gasteiger partial charge in [-0.15, -0.1) is 0 Å². The summed E-state index contributed by atoms with van der Waals surface area (Å²) in [5.41, 5.74) is 4.59. The molecule has 7 heteroatoms. The van der Waals surface area contributed by atoms with E-state index in [0.29, 0.717) is 28.7 Å². The van der Waals surface area contributed by atoms with Gasteiger partial charge in [-0.05, 0) is 56.7 Å². The second-order valence-corrected chi connectivity index (χ2v) is 9.17. The average molecular weight is 443 g/mol. The van der Waals surface area contributed by atoms with Gasteiger partial charge in [0.05, 0.1) is 12.7 Å². The van der Waals surface area contributed by atoms with Gasteiger partial charge in [0, 0.05) is 25.3 Å². The van der Waals surface area contributed by atoms with Gasteiger partial charge in [-0.25, -0.2) is 14.4 Å². The first-order valence-electron chi connectivity index (χ1n) is 12.0. The van der Waals surface area contributed by atoms with Crippen molar-refractivity contribution in [2.45, 2.75) is 71.3 Å². The van der Waals surface area contributed by atoms with E-state index in [1.165, 1.54) is 38.2 Å². The molecule has 2 heterocycles. The van der Waals surface area contributed by atoms with E-state index < -0.39 is 0 Å². The fraction of sp³-hybridized carbons (Fsp3) is 0.600. The number of aromatic nitrogens is 2. The van der Waals surface area contributed by atoms with Crippen molar-refractivity contribution in [3.8, 4) is 17.1 Å². The maximum atomic E-state index is 14.9. The number of nitrogens with zero attached hydrogens (tertiary/aromatic N) is 3. The molecule has 1 aliphatic heterocycles. The van der Waals surface area contributed by atoms with Gasteiger partial charge in [-0.2, -0.15) is 0 Å². The third-order valence-corrected chi connectivity index (χ3v) is 6.88. The summed E-state index contributed by atoms with van der Waals surface area (Å²) in [7, 11) is 1.57. The molecule has 0 radical (unpaired) electrons. The van der Waals surface area contributed by atoms with Gasteiger partial charge in [-0.1, -0.05) is 32.1 Å². The molecule has 2 fully saturated rings. The molecule has 0 atom stereocenters. The third kappa shape index (κ3) is 5.14. The Balaban J connectivity index is 1.68. The minimum atomic E-state index is -0.361. The Kier molecular flexibility index (Phi) is 7.45. The van der Waals surface area contributed by atoms with Crippen molar-refractivity contribution < 1.29 is 13.9 Å². The number of rotatable bonds is 6. The standard InChI is InChI=1S/C25H35FN4O2/c1-18-23(25(31)28-29-14-8-3-4-9-15-29)27-24(21-16-20(32-2)12-13-22(21)26)30(18)17-19-10-6-5-7-11-19/h12-13,16,19H,3-11,14-15,17H2,1-2H3,(H,28,31). The lowest BCUT2D eigenvalue weighted by atomic mass is 9.89. The van der Waals surface area contributed by atoms with Crippen LogP contribution in [-0.2, 0) is 6.54 Å². The average Bonchev–Trinajstić information content (AvgIpc) is 2.96. The zero-order chi connectivity index (χ0) is 22.5. The van der Waals surface area contributed by atoms with Crippen LogP contribution in [-0.4, -0.2) is 40.7 Å². The fourth-order valence-corrected chi connectivity index (χ4v) is 4.99. The van der Waals surface area contributed by atoms with Crippen molar-refractivity contribution in [3.63, 3.8) is 0 Å². The molecule has 2 aromatic rings. The van der Waals surface area contributed by atoms with Gasteiger partial charge in [0.2, 0.25) is 0 Å². The van der Waals surface area contributed by atoms with Crippen LogP contribution in [0, 0.1) is 18.7 Å². The van der Waals surface area contributed by atoms with E-state index in [0.717, 1.165) is 51.0 Å². The summed E-state index contributed by atoms with van der Waals surface area (Å²) in [5, 5.41) is 2.00. The second kappa shape index (κ2) is 10.5. The highest BCUT2D eigenvalue weighted by Gasteiger charge is 2.26. The number of hydrazine groups is 1. The molecule has 4 rings (SSSR count). The van der Waals surface area contributed by atoms with E-state index in [-0.39, 0.29) is 11.7 Å². The van der Waals surface area contributed by atoms with Crippen LogP contribution in [0.1, 0.15) is 74.0 Å². The summed E-state index contributed by atoms with van der Waals surface area (Å²) >= 11 is 0. The number of benzene rings is 1. The van der Waals surface area contributed by atoms with Gasteiger partial charge in [0.15, 0.2) is 5.69 Å². The Hall–Kier alpha value is -2.41. The van der Waals surface area contributed by atoms with Crippen LogP contribution in [0.15, 0.2) is 18.2 Å². The molecule has 6 nitrogen and oxygen atoms in total. The fourth-order valence-electron chi connectivity index (χ4n) is 4.99. The molecule has 0 spiro atoms. The van der Waals surface area contributed by atoms with Crippen molar-refractivity contribution in [3.05, 3.63) is 35.4 Å². The Labute approximate surface area is 190 Å². The minimum absolute atomic E-state index is 0.212. The van der Waals surface area contributed by atoms with E-state index in [2.05, 4.69) is 5.43 Å². The summed E-state index contributed by atoms with van der Waals surface area (Å²) in [4.78, 5) is 17.9. The van der Waals surface area contributed by atoms with Gasteiger partial charge < -0.3 is 9.30 Å². The molecular formula is C25H35FN4O2. The molecule has 1 saturated carbocycles. The first-order chi connectivity index (χ1) is 15.6. The Bertz CT molecular complexity index is 928. The highest BCUT2D eigenvalue weighted by molar-refractivity contribution is 5.94. The number of carbonyl (C=O) groups excluding carboxylic acids is 1. The zero-order valence-corrected chi connectivity index (χ0v) is 19.3. The lowest BCUT2D eigenvalue weighted by molar-refractivity contribution is 0.0788. The molecule has 1 saturated heterocycles. The predicted molar refractivity (Wildman–Crippen MR) is 123 cm³/mol. The van der Waals surface area contributed by atoms with E-state index in [1.54, 1.807) is 19.2 Å². The van der Waals surface area contributed by atoms with Gasteiger partial charge >= 0.3 is 0 Å². The molecule has 1 aromatic heterocycles. The number of halogens is 1. The van der Waals surface area contributed by atoms with Gasteiger partial charge in [0.1, 0.15) is 17.4 Å². The highest BCUT2D eigenvalue weighted by atomic mass is 19.1. The maximum Gasteiger partial charge on any atom is 0.286 e. The smallest absolute Gasteiger partial charge is 0.286 e. The van der Waals surface area contributed by atoms with Crippen molar-refractivity contribution >= 4 is 5.91 Å². The highest BCUT2D eigenvalue weighted by Crippen LogP contribution is 2.32. The van der Waals surface area contributed by atoms with Crippen LogP contribution >= 0.6 is 0 Å². The Morgan fingerprint density at radius 1 is 1.12 bits per heavy atom. The van der Waals surface area contributed by atoms with Crippen molar-refractivity contribution in [1.82, 2.24) is 20.0 Å². The number of methoxy groups -OCH3 is 1. The molecule has 1 amide bonds. The Morgan fingerprint density at radius 2 is 1.81 bits per heavy atom. The monoisotopic (exact) mass is 442 g/mol. The van der Waals surface area contributed by atoms with Crippen LogP contribution in [0.2, 0.25) is 0 Å². The molecule has 0 bridgehead atoms. The molecular weight excluding hydrogens is 407 g/mol. The summed E-state index contributed by atoms with van der Waals surface area (Å²) in [6, 6.07) is 4.68. The minimum Gasteiger partial charge on any atom is -0.497 e. The molecule has 0 unspecified atom stereocenters. The molecule has 2 aliphatic rings. The van der Waals surface area contributed by atoms with E-state index in [9.17, 15) is 9.18 Å². The molecule has 1 N–H and O–H groups in total. The molecule has 1 aromatic carbocycles. The predicted octanol–water partition coefficient (Wildman–Crippen LogP) is 5.11. The number of ether oxygens (including phenoxy) is 1. The topological polar surface area (TPSA) is 59.4 Å². The largest absolute Gasteiger partial charge is 0.497 e. The molecule has 1 aliphatic carbocycles. The van der Waals surface area contributed by atoms with E-state index >= 15 is 0 Å². The van der Waals surface area contributed by atoms with Crippen LogP contribution in [0.3, 0.4) is 0 Å². The lowest BCUT2D eigenvalue weighted by Gasteiger charge is -2.24. The molecule has 174 valence electrons. The third-order valence-electron chi connectivity index (χ3n) is 6.88. The van der Waals surface area contributed by atoms with Crippen LogP contribution in [0.25, 0.3) is 11.4 Å². The summed E-state index contributed by atoms with van der Waals surface area (Å²) in [5.74, 6) is 1.02. The number of imidazole rings is 1. The van der Waals surface area contributed by atoms with Crippen LogP contribution in [0.4, 0.5) is 4.39 Å². The van der Waals surface area contributed by atoms with E-state index in [4.69, 9.17) is 9.72 Å². The number of amides is 1. The Morgan fingerprint density at radius 3 is 2.50 bits per heavy atom. The zero-order valence-electron chi connectivity index (χ0n) is 19.3. The molecule has 32 heavy (non-hydrogen) atoms. The van der Waals surface area contributed by atoms with Gasteiger partial charge in [0.25, 0.3) is 5.91 Å². The van der Waals surface area contributed by atoms with E-state index in [1.807, 2.05) is 16.5 Å². The van der Waals surface area contributed by atoms with Crippen molar-refractivity contribution in [2.24, 2.45) is 5.92 Å². The lowest BCUT2D eigenvalue weighted by Crippen LogP contribution is -2.43. The number of nitrogens with one attached hydrogen (secondary N) is 1. The van der Waals surface area contributed by atoms with Gasteiger partial charge in [-0.3, -0.25) is 10.2 Å². The summed E-state index contributed by atoms with van der Waals surface area (Å²) in [6.45, 7) is 4.38. The van der Waals surface area contributed by atoms with Crippen molar-refractivity contribution in [2.75, 3.05) is 20.2 Å². The normalized spacial score (nSPS) is 18.3. The first-order valence-corrected chi connectivity index (χ1v) is 12.0. The summed E-state index contributed by atoms with van der Waals surface area (Å²) in [6.07, 6.45) is 10.6. The maximum absolute atomic E-state index is 14.9. The van der Waals surface area contributed by atoms with Crippen LogP contribution < -0.4 is 10.2 Å². The second-order valence-electron chi connectivity index (χ2n) is 9.17. The number of carbonyl (C=O) groups is 1. The summed E-state index contributed by atoms with van der Waals surface area (Å²) < 4.78 is 22.3. The first kappa shape index (κ1) is 22.8. The van der Waals surface area contributed by atoms with Crippen LogP contribution in [0.5, 0.6) is 5.75 Å². The quantitative estimate of drug-likeness (QED) is 0.676.